The van der Waals surface area contributed by atoms with Gasteiger partial charge in [0.2, 0.25) is 0 Å². The van der Waals surface area contributed by atoms with Crippen LogP contribution >= 0.6 is 42.0 Å². The average molecular weight is 381 g/mol. The number of alkyl halides is 3. The van der Waals surface area contributed by atoms with Gasteiger partial charge in [0.25, 0.3) is 0 Å². The molecule has 0 aliphatic rings. The van der Waals surface area contributed by atoms with E-state index < -0.39 is 12.7 Å². The summed E-state index contributed by atoms with van der Waals surface area (Å²) in [4.78, 5) is 0. The molecule has 0 saturated heterocycles. The van der Waals surface area contributed by atoms with Gasteiger partial charge in [-0.3, -0.25) is 0 Å². The Morgan fingerprint density at radius 1 is 1.00 bits per heavy atom. The van der Waals surface area contributed by atoms with Crippen molar-refractivity contribution in [1.82, 2.24) is 0 Å². The van der Waals surface area contributed by atoms with Gasteiger partial charge in [-0.2, -0.15) is 0 Å². The molecule has 0 aliphatic carbocycles. The van der Waals surface area contributed by atoms with Crippen molar-refractivity contribution in [2.75, 3.05) is 0 Å². The minimum atomic E-state index is -4.13. The second kappa shape index (κ2) is 2.79. The Hall–Kier alpha value is 1.77. The molecule has 0 aliphatic heterocycles. The Bertz CT molecular complexity index is 69.5. The van der Waals surface area contributed by atoms with E-state index in [1.54, 1.807) is 0 Å². The topological polar surface area (TPSA) is 0 Å². The van der Waals surface area contributed by atoms with Crippen LogP contribution in [0, 0.1) is 0 Å². The van der Waals surface area contributed by atoms with Crippen LogP contribution in [-0.4, -0.2) is 12.7 Å². The Kier molecular flexibility index (Phi) is 3.41. The fourth-order valence-corrected chi connectivity index (χ4v) is 0. The Labute approximate surface area is 67.4 Å². The van der Waals surface area contributed by atoms with Crippen molar-refractivity contribution in [2.45, 2.75) is 5.01 Å². The Balaban J connectivity index is 4.02. The van der Waals surface area contributed by atoms with Crippen LogP contribution in [0.15, 0.2) is 0 Å². The van der Waals surface area contributed by atoms with Crippen LogP contribution in [0.5, 0.6) is 0 Å². The van der Waals surface area contributed by atoms with Crippen LogP contribution in [0.3, 0.4) is 0 Å². The van der Waals surface area contributed by atoms with Crippen LogP contribution in [0.2, 0.25) is 0 Å². The fraction of sp³-hybridized carbons (Fsp3) is 1.00. The van der Waals surface area contributed by atoms with Crippen molar-refractivity contribution in [3.05, 3.63) is 0 Å². The van der Waals surface area contributed by atoms with Gasteiger partial charge in [-0.25, -0.2) is 0 Å². The summed E-state index contributed by atoms with van der Waals surface area (Å²) in [6.45, 7) is 0. The molecule has 0 fully saturated rings. The Morgan fingerprint density at radius 3 is 1.12 bits per heavy atom. The van der Waals surface area contributed by atoms with E-state index in [1.165, 1.54) is 0 Å². The van der Waals surface area contributed by atoms with Crippen LogP contribution in [-0.2, 0) is 0 Å². The molecular weight excluding hydrogens is 381 g/mol. The first kappa shape index (κ1) is 9.77. The summed E-state index contributed by atoms with van der Waals surface area (Å²) < 4.78 is 34.5. The predicted octanol–water partition coefficient (Wildman–Crippen LogP) is 3.21. The summed E-state index contributed by atoms with van der Waals surface area (Å²) in [5.74, 6) is 0. The zero-order valence-electron chi connectivity index (χ0n) is 3.27. The molecule has 0 N–H and O–H groups in total. The summed E-state index contributed by atoms with van der Waals surface area (Å²) in [6, 6.07) is 0. The van der Waals surface area contributed by atoms with E-state index in [4.69, 9.17) is 0 Å². The van der Waals surface area contributed by atoms with Gasteiger partial charge >= 0.3 is 67.9 Å². The van der Waals surface area contributed by atoms with Crippen LogP contribution in [0.25, 0.3) is 0 Å². The molecule has 8 heavy (non-hydrogen) atoms. The van der Waals surface area contributed by atoms with Gasteiger partial charge < -0.3 is 0 Å². The number of halogens is 6. The molecule has 7 heteroatoms. The van der Waals surface area contributed by atoms with Crippen molar-refractivity contribution in [3.63, 3.8) is 0 Å². The van der Waals surface area contributed by atoms with Crippen molar-refractivity contribution in [3.8, 4) is 0 Å². The molecule has 0 atom stereocenters. The molecule has 0 heterocycles. The molecule has 0 aromatic heterocycles. The molecule has 0 unspecified atom stereocenters. The maximum atomic E-state index is 11.5. The predicted molar refractivity (Wildman–Crippen MR) is 38.6 cm³/mol. The van der Waals surface area contributed by atoms with Crippen LogP contribution in [0.4, 0.5) is 13.2 Å². The molecule has 50 valence electrons. The Morgan fingerprint density at radius 2 is 1.12 bits per heavy atom. The van der Waals surface area contributed by atoms with Crippen molar-refractivity contribution in [1.29, 1.82) is 0 Å². The third-order valence-electron chi connectivity index (χ3n) is 0.321. The molecule has 0 radical (unpaired) electrons. The summed E-state index contributed by atoms with van der Waals surface area (Å²) in [7, 11) is -3.88. The standard InChI is InChI=1S/CBr3F3Ge/c2-8(3,4)1(5,6)7. The van der Waals surface area contributed by atoms with Crippen molar-refractivity contribution in [2.24, 2.45) is 0 Å². The quantitative estimate of drug-likeness (QED) is 0.566. The second-order valence-electron chi connectivity index (χ2n) is 0.996. The van der Waals surface area contributed by atoms with E-state index in [-0.39, 0.29) is 0 Å². The molecule has 0 aromatic carbocycles. The summed E-state index contributed by atoms with van der Waals surface area (Å²) in [5, 5.41) is -4.13. The second-order valence-corrected chi connectivity index (χ2v) is 39.4. The molecule has 0 rings (SSSR count). The molecule has 0 saturated carbocycles. The first-order chi connectivity index (χ1) is 3.25. The van der Waals surface area contributed by atoms with Crippen molar-refractivity contribution < 1.29 is 13.2 Å². The van der Waals surface area contributed by atoms with Crippen LogP contribution < -0.4 is 0 Å². The van der Waals surface area contributed by atoms with E-state index >= 15 is 0 Å². The molecule has 0 spiro atoms. The normalized spacial score (nSPS) is 14.2. The third kappa shape index (κ3) is 3.07. The number of rotatable bonds is 0. The van der Waals surface area contributed by atoms with Gasteiger partial charge in [0.15, 0.2) is 0 Å². The van der Waals surface area contributed by atoms with E-state index in [9.17, 15) is 13.2 Å². The first-order valence-electron chi connectivity index (χ1n) is 1.38. The molecule has 0 bridgehead atoms. The van der Waals surface area contributed by atoms with Crippen LogP contribution in [0.1, 0.15) is 0 Å². The van der Waals surface area contributed by atoms with Gasteiger partial charge in [-0.05, 0) is 0 Å². The maximum absolute atomic E-state index is 11.5. The first-order valence-corrected chi connectivity index (χ1v) is 17.2. The summed E-state index contributed by atoms with van der Waals surface area (Å²) in [6.07, 6.45) is 0. The zero-order chi connectivity index (χ0) is 7.00. The molecule has 0 aromatic rings. The average Bonchev–Trinajstić information content (AvgIpc) is 1.25. The third-order valence-corrected chi connectivity index (χ3v) is 8.68. The number of hydrogen-bond acceptors (Lipinski definition) is 0. The summed E-state index contributed by atoms with van der Waals surface area (Å²) in [5.41, 5.74) is 0. The van der Waals surface area contributed by atoms with E-state index in [0.717, 1.165) is 0 Å². The molecule has 0 amide bonds. The van der Waals surface area contributed by atoms with Gasteiger partial charge in [0, 0.05) is 0 Å². The van der Waals surface area contributed by atoms with Gasteiger partial charge in [0.05, 0.1) is 0 Å². The van der Waals surface area contributed by atoms with E-state index in [0.29, 0.717) is 0 Å². The van der Waals surface area contributed by atoms with Gasteiger partial charge in [-0.1, -0.05) is 0 Å². The van der Waals surface area contributed by atoms with Crippen molar-refractivity contribution >= 4 is 49.8 Å². The summed E-state index contributed by atoms with van der Waals surface area (Å²) >= 11 is 7.48. The SMILES string of the molecule is F[C](F)(F)[Ge]([Br])([Br])[Br]. The van der Waals surface area contributed by atoms with E-state index in [1.807, 2.05) is 0 Å². The fourth-order valence-electron chi connectivity index (χ4n) is 0. The minimum absolute atomic E-state index is 2.49. The zero-order valence-corrected chi connectivity index (χ0v) is 10.1. The van der Waals surface area contributed by atoms with Gasteiger partial charge in [-0.15, -0.1) is 0 Å². The monoisotopic (exact) mass is 380 g/mol. The van der Waals surface area contributed by atoms with Gasteiger partial charge in [0.1, 0.15) is 0 Å². The molecular formula is CBr3F3Ge. The van der Waals surface area contributed by atoms with E-state index in [2.05, 4.69) is 42.0 Å². The number of hydrogen-bond donors (Lipinski definition) is 0. The molecule has 0 nitrogen and oxygen atoms in total.